The van der Waals surface area contributed by atoms with E-state index in [0.717, 1.165) is 50.8 Å². The maximum absolute atomic E-state index is 12.2. The lowest BCUT2D eigenvalue weighted by atomic mass is 9.86. The normalized spacial score (nSPS) is 12.9. The number of hydrogen-bond acceptors (Lipinski definition) is 6. The Morgan fingerprint density at radius 3 is 1.04 bits per heavy atom. The lowest BCUT2D eigenvalue weighted by Crippen LogP contribution is -2.14. The van der Waals surface area contributed by atoms with Crippen LogP contribution in [0.4, 0.5) is 22.0 Å². The highest BCUT2D eigenvalue weighted by molar-refractivity contribution is 6.31. The van der Waals surface area contributed by atoms with Crippen molar-refractivity contribution in [1.82, 2.24) is 29.9 Å². The van der Waals surface area contributed by atoms with E-state index in [1.807, 2.05) is 87.0 Å². The molecular formula is C63H90ClF5N6. The zero-order valence-corrected chi connectivity index (χ0v) is 49.1. The molecule has 7 rings (SSSR count). The van der Waals surface area contributed by atoms with Gasteiger partial charge in [0.2, 0.25) is 0 Å². The summed E-state index contributed by atoms with van der Waals surface area (Å²) < 4.78 is 60.7. The van der Waals surface area contributed by atoms with Crippen molar-refractivity contribution in [3.05, 3.63) is 176 Å². The number of nitrogens with zero attached hydrogens (tertiary/aromatic N) is 6. The number of aromatic nitrogens is 6. The summed E-state index contributed by atoms with van der Waals surface area (Å²) in [6.45, 7) is 44.1. The fourth-order valence-corrected chi connectivity index (χ4v) is 7.19. The van der Waals surface area contributed by atoms with E-state index < -0.39 is 18.3 Å². The topological polar surface area (TPSA) is 77.3 Å². The zero-order chi connectivity index (χ0) is 56.8. The molecule has 6 aromatic rings. The van der Waals surface area contributed by atoms with Gasteiger partial charge in [0.05, 0.1) is 0 Å². The van der Waals surface area contributed by atoms with Gasteiger partial charge >= 0.3 is 6.18 Å². The Morgan fingerprint density at radius 2 is 0.800 bits per heavy atom. The van der Waals surface area contributed by atoms with Crippen LogP contribution < -0.4 is 0 Å². The second-order valence-electron chi connectivity index (χ2n) is 25.1. The van der Waals surface area contributed by atoms with Gasteiger partial charge in [0.15, 0.2) is 0 Å². The van der Waals surface area contributed by atoms with Gasteiger partial charge in [-0.1, -0.05) is 174 Å². The summed E-state index contributed by atoms with van der Waals surface area (Å²) in [6.07, 6.45) is 6.32. The van der Waals surface area contributed by atoms with Gasteiger partial charge in [0.1, 0.15) is 11.4 Å². The molecule has 6 heterocycles. The first-order valence-electron chi connectivity index (χ1n) is 25.3. The molecule has 0 radical (unpaired) electrons. The van der Waals surface area contributed by atoms with E-state index in [9.17, 15) is 22.0 Å². The molecule has 6 aromatic heterocycles. The molecule has 1 fully saturated rings. The van der Waals surface area contributed by atoms with Crippen LogP contribution in [0.1, 0.15) is 225 Å². The van der Waals surface area contributed by atoms with Gasteiger partial charge in [0, 0.05) is 70.9 Å². The quantitative estimate of drug-likeness (QED) is 0.161. The van der Waals surface area contributed by atoms with Crippen LogP contribution in [0, 0.1) is 20.8 Å². The molecule has 1 aliphatic carbocycles. The van der Waals surface area contributed by atoms with Crippen LogP contribution in [0.25, 0.3) is 0 Å². The fraction of sp³-hybridized carbons (Fsp3) is 0.524. The van der Waals surface area contributed by atoms with Crippen LogP contribution in [0.5, 0.6) is 0 Å². The third kappa shape index (κ3) is 24.6. The van der Waals surface area contributed by atoms with Crippen molar-refractivity contribution in [1.29, 1.82) is 0 Å². The Balaban J connectivity index is 0.000000450. The summed E-state index contributed by atoms with van der Waals surface area (Å²) in [5.41, 5.74) is 10.9. The van der Waals surface area contributed by atoms with Crippen LogP contribution in [-0.4, -0.2) is 29.9 Å². The highest BCUT2D eigenvalue weighted by atomic mass is 35.5. The van der Waals surface area contributed by atoms with Crippen molar-refractivity contribution >= 4 is 11.6 Å². The molecule has 1 saturated carbocycles. The van der Waals surface area contributed by atoms with Crippen molar-refractivity contribution in [3.63, 3.8) is 0 Å². The first-order valence-corrected chi connectivity index (χ1v) is 25.7. The van der Waals surface area contributed by atoms with Gasteiger partial charge in [-0.05, 0) is 136 Å². The first-order chi connectivity index (χ1) is 33.6. The molecule has 75 heavy (non-hydrogen) atoms. The summed E-state index contributed by atoms with van der Waals surface area (Å²) in [5, 5.41) is 0.815. The molecule has 0 aliphatic heterocycles. The van der Waals surface area contributed by atoms with Crippen LogP contribution >= 0.6 is 11.6 Å². The second kappa shape index (κ2) is 27.8. The van der Waals surface area contributed by atoms with Crippen LogP contribution in [-0.2, 0) is 38.7 Å². The van der Waals surface area contributed by atoms with Crippen molar-refractivity contribution in [2.24, 2.45) is 0 Å². The van der Waals surface area contributed by atoms with E-state index in [0.29, 0.717) is 0 Å². The largest absolute Gasteiger partial charge is 0.433 e. The number of hydrogen-bond donors (Lipinski definition) is 0. The molecule has 12 heteroatoms. The number of rotatable bonds is 2. The molecule has 0 unspecified atom stereocenters. The van der Waals surface area contributed by atoms with Gasteiger partial charge < -0.3 is 0 Å². The number of halogens is 6. The first kappa shape index (κ1) is 67.9. The summed E-state index contributed by atoms with van der Waals surface area (Å²) >= 11 is 6.07. The molecule has 0 spiro atoms. The fourth-order valence-electron chi connectivity index (χ4n) is 6.71. The van der Waals surface area contributed by atoms with Gasteiger partial charge in [-0.25, -0.2) is 8.78 Å². The molecule has 0 bridgehead atoms. The van der Waals surface area contributed by atoms with Crippen molar-refractivity contribution in [2.75, 3.05) is 0 Å². The van der Waals surface area contributed by atoms with Crippen molar-refractivity contribution in [3.8, 4) is 0 Å². The summed E-state index contributed by atoms with van der Waals surface area (Å²) in [5.74, 6) is 0.772. The van der Waals surface area contributed by atoms with Crippen LogP contribution in [0.15, 0.2) is 104 Å². The van der Waals surface area contributed by atoms with E-state index >= 15 is 0 Å². The van der Waals surface area contributed by atoms with Gasteiger partial charge in [-0.15, -0.1) is 0 Å². The Morgan fingerprint density at radius 1 is 0.440 bits per heavy atom. The molecule has 0 aromatic carbocycles. The summed E-state index contributed by atoms with van der Waals surface area (Å²) in [4.78, 5) is 24.3. The molecule has 0 amide bonds. The summed E-state index contributed by atoms with van der Waals surface area (Å²) in [7, 11) is 0. The third-order valence-corrected chi connectivity index (χ3v) is 12.2. The predicted octanol–water partition coefficient (Wildman–Crippen LogP) is 19.3. The summed E-state index contributed by atoms with van der Waals surface area (Å²) in [6, 6.07) is 20.2. The lowest BCUT2D eigenvalue weighted by molar-refractivity contribution is -0.141. The maximum atomic E-state index is 12.2. The van der Waals surface area contributed by atoms with Crippen molar-refractivity contribution < 1.29 is 22.0 Å². The van der Waals surface area contributed by atoms with Crippen LogP contribution in [0.2, 0.25) is 5.02 Å². The van der Waals surface area contributed by atoms with E-state index in [4.69, 9.17) is 11.6 Å². The molecule has 0 N–H and O–H groups in total. The smallest absolute Gasteiger partial charge is 0.261 e. The minimum Gasteiger partial charge on any atom is -0.261 e. The Labute approximate surface area is 454 Å². The van der Waals surface area contributed by atoms with E-state index in [-0.39, 0.29) is 45.6 Å². The molecule has 414 valence electrons. The standard InChI is InChI=1S/C12H17N.C10H14ClN.C10H12F3N.C10H13F2N.2C10H15N.CH4/c1-12(2,3)10-6-7-11(13-8-10)9-4-5-9;1-7-9(10(2,3)4)8(11)5-6-12-7;1-9(2,3)7-4-5-8(14-6-7)10(11,12)13;1-10(2,3)7-4-5-8(9(11)12)13-6-7;2*1-8-5-6-9(7-11-8)10(2,3)4;/h6-9H,4-5H2,1-3H3;5-6H,1-4H3;4-6H,1-3H3;4-6,9H,1-3H3;2*5-7H,1-4H3;1H4. The third-order valence-electron chi connectivity index (χ3n) is 11.8. The molecule has 6 nitrogen and oxygen atoms in total. The molecule has 0 atom stereocenters. The minimum absolute atomic E-state index is 0. The monoisotopic (exact) mass is 1060 g/mol. The minimum atomic E-state index is -4.35. The van der Waals surface area contributed by atoms with E-state index in [2.05, 4.69) is 149 Å². The van der Waals surface area contributed by atoms with E-state index in [1.165, 1.54) is 59.8 Å². The molecule has 1 aliphatic rings. The Kier molecular flexibility index (Phi) is 25.1. The second-order valence-corrected chi connectivity index (χ2v) is 25.5. The number of alkyl halides is 5. The van der Waals surface area contributed by atoms with E-state index in [1.54, 1.807) is 12.3 Å². The highest BCUT2D eigenvalue weighted by Gasteiger charge is 2.32. The SMILES string of the molecule is C.CC(C)(C)c1ccc(C(F)(F)F)nc1.CC(C)(C)c1ccc(C(F)F)nc1.CC(C)(C)c1ccc(C2CC2)nc1.Cc1ccc(C(C)(C)C)cn1.Cc1ccc(C(C)(C)C)cn1.Cc1nccc(Cl)c1C(C)(C)C. The van der Waals surface area contributed by atoms with Gasteiger partial charge in [-0.2, -0.15) is 13.2 Å². The number of pyridine rings is 6. The van der Waals surface area contributed by atoms with Crippen LogP contribution in [0.3, 0.4) is 0 Å². The molecular weight excluding hydrogens is 971 g/mol. The zero-order valence-electron chi connectivity index (χ0n) is 48.3. The maximum Gasteiger partial charge on any atom is 0.433 e. The Bertz CT molecular complexity index is 2400. The van der Waals surface area contributed by atoms with Gasteiger partial charge in [0.25, 0.3) is 6.43 Å². The number of aryl methyl sites for hydroxylation is 3. The molecule has 0 saturated heterocycles. The van der Waals surface area contributed by atoms with Gasteiger partial charge in [-0.3, -0.25) is 29.9 Å². The predicted molar refractivity (Wildman–Crippen MR) is 306 cm³/mol. The highest BCUT2D eigenvalue weighted by Crippen LogP contribution is 2.39. The van der Waals surface area contributed by atoms with Crippen molar-refractivity contribution in [2.45, 2.75) is 217 Å². The Hall–Kier alpha value is -5.16. The average molecular weight is 1060 g/mol. The average Bonchev–Trinajstić information content (AvgIpc) is 4.12. The lowest BCUT2D eigenvalue weighted by Gasteiger charge is -2.21.